The summed E-state index contributed by atoms with van der Waals surface area (Å²) < 4.78 is 81.0. The number of benzene rings is 2. The molecule has 266 valence electrons. The Labute approximate surface area is 283 Å². The van der Waals surface area contributed by atoms with Crippen molar-refractivity contribution in [2.24, 2.45) is 17.8 Å². The summed E-state index contributed by atoms with van der Waals surface area (Å²) in [6, 6.07) is 9.23. The number of amides is 1. The number of hydrogen-bond acceptors (Lipinski definition) is 10. The molecule has 3 N–H and O–H groups in total. The molecular formula is C34H42F2N4O8S. The maximum Gasteiger partial charge on any atom is 0.407 e. The van der Waals surface area contributed by atoms with Gasteiger partial charge in [-0.2, -0.15) is 9.29 Å². The normalized spacial score (nSPS) is 26.4. The Hall–Kier alpha value is -3.37. The summed E-state index contributed by atoms with van der Waals surface area (Å²) >= 11 is 0. The van der Waals surface area contributed by atoms with Gasteiger partial charge in [0.15, 0.2) is 11.9 Å². The van der Waals surface area contributed by atoms with Crippen LogP contribution in [-0.4, -0.2) is 91.5 Å². The largest absolute Gasteiger partial charge is 0.446 e. The molecule has 0 spiro atoms. The molecular weight excluding hydrogens is 662 g/mol. The van der Waals surface area contributed by atoms with Crippen LogP contribution >= 0.6 is 0 Å². The third-order valence-electron chi connectivity index (χ3n) is 9.81. The first-order chi connectivity index (χ1) is 23.3. The Morgan fingerprint density at radius 1 is 1.16 bits per heavy atom. The number of aliphatic hydroxyl groups is 1. The zero-order valence-corrected chi connectivity index (χ0v) is 28.2. The molecule has 7 atom stereocenters. The topological polar surface area (TPSA) is 152 Å². The van der Waals surface area contributed by atoms with E-state index < -0.39 is 52.8 Å². The first-order valence-corrected chi connectivity index (χ1v) is 18.3. The van der Waals surface area contributed by atoms with Crippen LogP contribution in [0.4, 0.5) is 19.6 Å². The molecule has 3 aromatic rings. The van der Waals surface area contributed by atoms with Crippen molar-refractivity contribution in [3.63, 3.8) is 0 Å². The number of nitrogens with zero attached hydrogens (tertiary/aromatic N) is 2. The summed E-state index contributed by atoms with van der Waals surface area (Å²) in [4.78, 5) is 17.6. The maximum absolute atomic E-state index is 15.2. The third kappa shape index (κ3) is 7.70. The van der Waals surface area contributed by atoms with Crippen molar-refractivity contribution in [3.05, 3.63) is 53.8 Å². The summed E-state index contributed by atoms with van der Waals surface area (Å²) in [6.45, 7) is 2.38. The SMILES string of the molecule is CC(C)(F)CN(C[C@@H](O)[C@H](Cc1ccc(F)cc1)NC(=O)O[C@H]1CC2CO[C@H]3OCCC1[C@@H]23)S(=O)(=O)c1ccc2nc(NC3CC3)oc2c1. The second-order valence-corrected chi connectivity index (χ2v) is 16.2. The molecule has 2 aliphatic carbocycles. The van der Waals surface area contributed by atoms with Gasteiger partial charge in [-0.15, -0.1) is 0 Å². The number of anilines is 1. The quantitative estimate of drug-likeness (QED) is 0.234. The van der Waals surface area contributed by atoms with Crippen molar-refractivity contribution in [1.82, 2.24) is 14.6 Å². The number of hydrogen-bond donors (Lipinski definition) is 3. The number of fused-ring (bicyclic) bond motifs is 1. The zero-order chi connectivity index (χ0) is 34.5. The highest BCUT2D eigenvalue weighted by atomic mass is 32.2. The molecule has 2 aromatic carbocycles. The first-order valence-electron chi connectivity index (χ1n) is 16.8. The van der Waals surface area contributed by atoms with Gasteiger partial charge in [-0.05, 0) is 81.7 Å². The van der Waals surface area contributed by atoms with Gasteiger partial charge in [-0.1, -0.05) is 12.1 Å². The minimum atomic E-state index is -4.39. The van der Waals surface area contributed by atoms with Crippen molar-refractivity contribution >= 4 is 33.2 Å². The Kier molecular flexibility index (Phi) is 9.32. The van der Waals surface area contributed by atoms with E-state index in [9.17, 15) is 22.7 Å². The molecule has 2 saturated carbocycles. The van der Waals surface area contributed by atoms with Gasteiger partial charge >= 0.3 is 6.09 Å². The van der Waals surface area contributed by atoms with Crippen molar-refractivity contribution in [3.8, 4) is 0 Å². The first kappa shape index (κ1) is 34.1. The van der Waals surface area contributed by atoms with E-state index in [2.05, 4.69) is 15.6 Å². The number of halogens is 2. The number of alkyl carbamates (subject to hydrolysis) is 1. The highest BCUT2D eigenvalue weighted by Gasteiger charge is 2.55. The molecule has 1 amide bonds. The van der Waals surface area contributed by atoms with E-state index in [0.717, 1.165) is 23.6 Å². The van der Waals surface area contributed by atoms with Crippen molar-refractivity contribution in [1.29, 1.82) is 0 Å². The van der Waals surface area contributed by atoms with Crippen molar-refractivity contribution < 1.29 is 45.7 Å². The molecule has 0 radical (unpaired) electrons. The van der Waals surface area contributed by atoms with Crippen LogP contribution in [0.25, 0.3) is 11.1 Å². The monoisotopic (exact) mass is 704 g/mol. The van der Waals surface area contributed by atoms with Crippen LogP contribution in [0.3, 0.4) is 0 Å². The second-order valence-electron chi connectivity index (χ2n) is 14.3. The molecule has 4 aliphatic rings. The minimum Gasteiger partial charge on any atom is -0.446 e. The number of rotatable bonds is 13. The lowest BCUT2D eigenvalue weighted by atomic mass is 9.87. The van der Waals surface area contributed by atoms with E-state index in [4.69, 9.17) is 18.6 Å². The minimum absolute atomic E-state index is 0.0212. The number of sulfonamides is 1. The predicted molar refractivity (Wildman–Crippen MR) is 173 cm³/mol. The average Bonchev–Trinajstić information content (AvgIpc) is 3.45. The average molecular weight is 705 g/mol. The van der Waals surface area contributed by atoms with Gasteiger partial charge in [0, 0.05) is 37.0 Å². The van der Waals surface area contributed by atoms with Crippen LogP contribution in [0.15, 0.2) is 51.8 Å². The second kappa shape index (κ2) is 13.4. The number of carbonyl (C=O) groups excluding carboxylic acids is 1. The molecule has 12 nitrogen and oxygen atoms in total. The number of nitrogens with one attached hydrogen (secondary N) is 2. The van der Waals surface area contributed by atoms with Crippen molar-refractivity contribution in [2.75, 3.05) is 31.6 Å². The lowest BCUT2D eigenvalue weighted by Crippen LogP contribution is -2.52. The lowest BCUT2D eigenvalue weighted by molar-refractivity contribution is -0.173. The van der Waals surface area contributed by atoms with E-state index in [1.807, 2.05) is 0 Å². The van der Waals surface area contributed by atoms with E-state index >= 15 is 4.39 Å². The molecule has 0 bridgehead atoms. The molecule has 2 unspecified atom stereocenters. The molecule has 4 fully saturated rings. The molecule has 3 heterocycles. The highest BCUT2D eigenvalue weighted by Crippen LogP contribution is 2.50. The smallest absolute Gasteiger partial charge is 0.407 e. The number of oxazole rings is 1. The van der Waals surface area contributed by atoms with E-state index in [1.165, 1.54) is 56.3 Å². The Balaban J connectivity index is 1.10. The summed E-state index contributed by atoms with van der Waals surface area (Å²) in [5, 5.41) is 17.5. The van der Waals surface area contributed by atoms with Crippen LogP contribution in [0, 0.1) is 23.6 Å². The van der Waals surface area contributed by atoms with Crippen LogP contribution in [0.5, 0.6) is 0 Å². The molecule has 2 saturated heterocycles. The van der Waals surface area contributed by atoms with Gasteiger partial charge in [-0.3, -0.25) is 0 Å². The number of carbonyl (C=O) groups is 1. The lowest BCUT2D eigenvalue weighted by Gasteiger charge is -2.33. The summed E-state index contributed by atoms with van der Waals surface area (Å²) in [7, 11) is -4.39. The predicted octanol–water partition coefficient (Wildman–Crippen LogP) is 4.38. The summed E-state index contributed by atoms with van der Waals surface area (Å²) in [5.41, 5.74) is -0.704. The third-order valence-corrected chi connectivity index (χ3v) is 11.6. The number of aliphatic hydroxyl groups excluding tert-OH is 1. The van der Waals surface area contributed by atoms with Gasteiger partial charge in [0.25, 0.3) is 6.01 Å². The Morgan fingerprint density at radius 2 is 1.94 bits per heavy atom. The molecule has 7 rings (SSSR count). The van der Waals surface area contributed by atoms with E-state index in [1.54, 1.807) is 0 Å². The number of ether oxygens (including phenoxy) is 3. The number of aromatic nitrogens is 1. The molecule has 1 aromatic heterocycles. The maximum atomic E-state index is 15.2. The number of alkyl halides is 1. The standard InChI is InChI=1S/C34H42F2N4O8S/c1-34(2,36)18-40(49(43,44)23-9-10-25-29(15-23)47-32(38-25)37-22-7-8-22)16-27(41)26(13-19-3-5-21(35)6-4-19)39-33(42)48-28-14-20-17-46-31-30(20)24(28)11-12-45-31/h3-6,9-10,15,20,22,24,26-28,30-31,41H,7-8,11-14,16-18H2,1-2H3,(H,37,38)(H,39,42)/t20?,24?,26-,27+,28-,30+,31+/m0/s1. The van der Waals surface area contributed by atoms with Gasteiger partial charge in [0.2, 0.25) is 10.0 Å². The summed E-state index contributed by atoms with van der Waals surface area (Å²) in [5.74, 6) is -0.0199. The Bertz CT molecular complexity index is 1760. The van der Waals surface area contributed by atoms with Crippen LogP contribution in [0.2, 0.25) is 0 Å². The molecule has 15 heteroatoms. The fourth-order valence-electron chi connectivity index (χ4n) is 7.32. The van der Waals surface area contributed by atoms with Crippen molar-refractivity contribution in [2.45, 2.75) is 87.1 Å². The van der Waals surface area contributed by atoms with Gasteiger partial charge < -0.3 is 34.4 Å². The van der Waals surface area contributed by atoms with Crippen LogP contribution in [0.1, 0.15) is 45.1 Å². The molecule has 2 aliphatic heterocycles. The van der Waals surface area contributed by atoms with Gasteiger partial charge in [-0.25, -0.2) is 22.0 Å². The molecule has 49 heavy (non-hydrogen) atoms. The fourth-order valence-corrected chi connectivity index (χ4v) is 8.94. The highest BCUT2D eigenvalue weighted by molar-refractivity contribution is 7.89. The summed E-state index contributed by atoms with van der Waals surface area (Å²) in [6.07, 6.45) is 0.412. The van der Waals surface area contributed by atoms with Crippen LogP contribution < -0.4 is 10.6 Å². The Morgan fingerprint density at radius 3 is 2.67 bits per heavy atom. The van der Waals surface area contributed by atoms with Gasteiger partial charge in [0.05, 0.1) is 30.3 Å². The van der Waals surface area contributed by atoms with Crippen LogP contribution in [-0.2, 0) is 30.7 Å². The van der Waals surface area contributed by atoms with E-state index in [-0.39, 0.29) is 59.1 Å². The van der Waals surface area contributed by atoms with Gasteiger partial charge in [0.1, 0.15) is 23.1 Å². The van der Waals surface area contributed by atoms with E-state index in [0.29, 0.717) is 30.7 Å². The zero-order valence-electron chi connectivity index (χ0n) is 27.4. The fraction of sp³-hybridized carbons (Fsp3) is 0.588.